The number of ether oxygens (including phenoxy) is 5. The van der Waals surface area contributed by atoms with Crippen molar-refractivity contribution in [2.75, 3.05) is 13.2 Å². The molecule has 0 aromatic carbocycles. The van der Waals surface area contributed by atoms with Crippen LogP contribution in [0.4, 0.5) is 0 Å². The maximum atomic E-state index is 13.6. The zero-order valence-electron chi connectivity index (χ0n) is 19.7. The lowest BCUT2D eigenvalue weighted by Gasteiger charge is -2.48. The van der Waals surface area contributed by atoms with Crippen LogP contribution in [0.2, 0.25) is 0 Å². The lowest BCUT2D eigenvalue weighted by atomic mass is 9.51. The molecule has 6 fully saturated rings. The molecule has 4 aliphatic heterocycles. The lowest BCUT2D eigenvalue weighted by molar-refractivity contribution is -0.240. The van der Waals surface area contributed by atoms with Gasteiger partial charge in [-0.1, -0.05) is 20.8 Å². The third-order valence-electron chi connectivity index (χ3n) is 9.56. The maximum absolute atomic E-state index is 13.6. The summed E-state index contributed by atoms with van der Waals surface area (Å²) >= 11 is 0. The van der Waals surface area contributed by atoms with Gasteiger partial charge in [-0.15, -0.1) is 0 Å². The number of hydrogen-bond donors (Lipinski definition) is 3. The molecule has 0 aromatic rings. The molecule has 0 amide bonds. The van der Waals surface area contributed by atoms with Crippen LogP contribution in [-0.4, -0.2) is 94.1 Å². The number of ketones is 1. The summed E-state index contributed by atoms with van der Waals surface area (Å²) in [6, 6.07) is 0. The summed E-state index contributed by atoms with van der Waals surface area (Å²) < 4.78 is 28.8. The highest BCUT2D eigenvalue weighted by atomic mass is 16.8. The quantitative estimate of drug-likeness (QED) is 0.295. The summed E-state index contributed by atoms with van der Waals surface area (Å²) in [7, 11) is 0. The number of hydrogen-bond acceptors (Lipinski definition) is 12. The van der Waals surface area contributed by atoms with Crippen LogP contribution in [0, 0.1) is 28.1 Å². The van der Waals surface area contributed by atoms with E-state index in [2.05, 4.69) is 0 Å². The van der Waals surface area contributed by atoms with Crippen molar-refractivity contribution in [1.82, 2.24) is 0 Å². The molecule has 192 valence electrons. The maximum Gasteiger partial charge on any atom is 0.343 e. The number of esters is 3. The Morgan fingerprint density at radius 1 is 1.14 bits per heavy atom. The number of carbonyl (C=O) groups excluding carboxylic acids is 4. The van der Waals surface area contributed by atoms with Gasteiger partial charge in [0.2, 0.25) is 11.9 Å². The van der Waals surface area contributed by atoms with E-state index in [-0.39, 0.29) is 6.42 Å². The van der Waals surface area contributed by atoms with Crippen molar-refractivity contribution >= 4 is 23.7 Å². The molecule has 2 aliphatic carbocycles. The largest absolute Gasteiger partial charge is 0.459 e. The molecule has 12 nitrogen and oxygen atoms in total. The molecule has 0 radical (unpaired) electrons. The zero-order chi connectivity index (χ0) is 25.5. The fourth-order valence-corrected chi connectivity index (χ4v) is 8.52. The van der Waals surface area contributed by atoms with Crippen LogP contribution in [0.25, 0.3) is 0 Å². The van der Waals surface area contributed by atoms with Gasteiger partial charge in [-0.25, -0.2) is 9.59 Å². The first-order valence-electron chi connectivity index (χ1n) is 11.7. The SMILES string of the molecule is CC1C(=O)O[C@H]2[C@H](O)[C@@]34C5C[C@@H](C(C)(C)C)C36[C@@H](OC(=O)[C@@H]6OCC(=O)CO)O[C@@]4(C(=O)O5)[C@@]12O. The van der Waals surface area contributed by atoms with E-state index in [0.717, 1.165) is 0 Å². The first kappa shape index (κ1) is 23.3. The van der Waals surface area contributed by atoms with Crippen LogP contribution >= 0.6 is 0 Å². The second-order valence-corrected chi connectivity index (χ2v) is 11.7. The molecular weight excluding hydrogens is 468 g/mol. The molecule has 3 unspecified atom stereocenters. The second-order valence-electron chi connectivity index (χ2n) is 11.7. The molecule has 0 bridgehead atoms. The third kappa shape index (κ3) is 2.01. The van der Waals surface area contributed by atoms with Crippen molar-refractivity contribution in [3.05, 3.63) is 0 Å². The molecule has 6 aliphatic rings. The molecule has 12 heteroatoms. The van der Waals surface area contributed by atoms with Crippen LogP contribution in [0.3, 0.4) is 0 Å². The topological polar surface area (TPSA) is 175 Å². The van der Waals surface area contributed by atoms with Crippen molar-refractivity contribution in [3.63, 3.8) is 0 Å². The first-order chi connectivity index (χ1) is 16.3. The van der Waals surface area contributed by atoms with E-state index in [9.17, 15) is 34.5 Å². The van der Waals surface area contributed by atoms with E-state index in [0.29, 0.717) is 0 Å². The molecule has 3 N–H and O–H groups in total. The Morgan fingerprint density at radius 2 is 1.83 bits per heavy atom. The molecule has 4 heterocycles. The van der Waals surface area contributed by atoms with E-state index in [1.54, 1.807) is 0 Å². The predicted octanol–water partition coefficient (Wildman–Crippen LogP) is -1.78. The van der Waals surface area contributed by atoms with E-state index >= 15 is 0 Å². The Labute approximate surface area is 199 Å². The molecule has 4 saturated heterocycles. The zero-order valence-corrected chi connectivity index (χ0v) is 19.7. The molecule has 11 atom stereocenters. The van der Waals surface area contributed by atoms with Crippen molar-refractivity contribution in [3.8, 4) is 0 Å². The van der Waals surface area contributed by atoms with Gasteiger partial charge in [-0.05, 0) is 24.7 Å². The van der Waals surface area contributed by atoms with Crippen molar-refractivity contribution in [1.29, 1.82) is 0 Å². The van der Waals surface area contributed by atoms with Gasteiger partial charge in [0.15, 0.2) is 23.6 Å². The molecule has 35 heavy (non-hydrogen) atoms. The Bertz CT molecular complexity index is 1070. The Balaban J connectivity index is 1.64. The van der Waals surface area contributed by atoms with Gasteiger partial charge in [-0.2, -0.15) is 0 Å². The van der Waals surface area contributed by atoms with Crippen LogP contribution < -0.4 is 0 Å². The Hall–Kier alpha value is -2.12. The number of carbonyl (C=O) groups is 4. The number of Topliss-reactive ketones (excluding diaryl/α,β-unsaturated/α-hetero) is 1. The van der Waals surface area contributed by atoms with Gasteiger partial charge in [0.1, 0.15) is 25.4 Å². The minimum absolute atomic E-state index is 0.184. The fraction of sp³-hybridized carbons (Fsp3) is 0.826. The molecule has 2 spiro atoms. The number of rotatable bonds is 4. The molecule has 0 aromatic heterocycles. The Morgan fingerprint density at radius 3 is 2.46 bits per heavy atom. The van der Waals surface area contributed by atoms with Crippen molar-refractivity contribution in [2.45, 2.75) is 76.0 Å². The van der Waals surface area contributed by atoms with Crippen LogP contribution in [0.1, 0.15) is 34.1 Å². The highest BCUT2D eigenvalue weighted by Crippen LogP contribution is 2.84. The van der Waals surface area contributed by atoms with Crippen LogP contribution in [-0.2, 0) is 42.9 Å². The highest BCUT2D eigenvalue weighted by Gasteiger charge is 3.04. The summed E-state index contributed by atoms with van der Waals surface area (Å²) in [6.45, 7) is 5.65. The molecule has 2 saturated carbocycles. The van der Waals surface area contributed by atoms with E-state index < -0.39 is 107 Å². The predicted molar refractivity (Wildman–Crippen MR) is 108 cm³/mol. The van der Waals surface area contributed by atoms with Crippen molar-refractivity contribution in [2.24, 2.45) is 28.1 Å². The van der Waals surface area contributed by atoms with E-state index in [1.807, 2.05) is 20.8 Å². The van der Waals surface area contributed by atoms with E-state index in [4.69, 9.17) is 23.7 Å². The number of aliphatic hydroxyl groups excluding tert-OH is 2. The van der Waals surface area contributed by atoms with Gasteiger partial charge >= 0.3 is 17.9 Å². The number of aliphatic hydroxyl groups is 3. The average Bonchev–Trinajstić information content (AvgIpc) is 3.49. The van der Waals surface area contributed by atoms with Gasteiger partial charge in [0.05, 0.1) is 16.7 Å². The van der Waals surface area contributed by atoms with Gasteiger partial charge in [0, 0.05) is 0 Å². The van der Waals surface area contributed by atoms with Gasteiger partial charge in [0.25, 0.3) is 0 Å². The summed E-state index contributed by atoms with van der Waals surface area (Å²) in [4.78, 5) is 51.3. The van der Waals surface area contributed by atoms with Crippen LogP contribution in [0.15, 0.2) is 0 Å². The molecule has 6 rings (SSSR count). The standard InChI is InChI=1S/C23H28O12/c1-8-15(27)33-13-12(26)21-11-5-10(19(2,3)4)20(21)14(31-7-9(25)6-24)16(28)34-18(20)35-23(21,17(29)32-11)22(8,13)30/h8,10-14,18,24,26,30H,5-7H2,1-4H3/t8?,10-,11?,12-,13-,14-,18-,20?,21-,22+,23+/m0/s1. The number of fused-ring (bicyclic) bond motifs is 1. The third-order valence-corrected chi connectivity index (χ3v) is 9.56. The minimum atomic E-state index is -2.31. The summed E-state index contributed by atoms with van der Waals surface area (Å²) in [5.41, 5.74) is -8.54. The second kappa shape index (κ2) is 6.41. The molecular formula is C23H28O12. The van der Waals surface area contributed by atoms with E-state index in [1.165, 1.54) is 6.92 Å². The first-order valence-corrected chi connectivity index (χ1v) is 11.7. The monoisotopic (exact) mass is 496 g/mol. The minimum Gasteiger partial charge on any atom is -0.459 e. The fourth-order valence-electron chi connectivity index (χ4n) is 8.52. The summed E-state index contributed by atoms with van der Waals surface area (Å²) in [6.07, 6.45) is -6.96. The normalized spacial score (nSPS) is 53.1. The highest BCUT2D eigenvalue weighted by molar-refractivity contribution is 5.94. The summed E-state index contributed by atoms with van der Waals surface area (Å²) in [5.74, 6) is -5.12. The smallest absolute Gasteiger partial charge is 0.343 e. The lowest BCUT2D eigenvalue weighted by Crippen LogP contribution is -2.67. The average molecular weight is 496 g/mol. The van der Waals surface area contributed by atoms with Gasteiger partial charge in [-0.3, -0.25) is 9.59 Å². The van der Waals surface area contributed by atoms with Gasteiger partial charge < -0.3 is 39.0 Å². The van der Waals surface area contributed by atoms with Crippen LogP contribution in [0.5, 0.6) is 0 Å². The van der Waals surface area contributed by atoms with Crippen molar-refractivity contribution < 1.29 is 58.2 Å². The Kier molecular flexibility index (Phi) is 4.26. The summed E-state index contributed by atoms with van der Waals surface area (Å²) in [5, 5.41) is 33.1.